The van der Waals surface area contributed by atoms with Gasteiger partial charge in [-0.1, -0.05) is 77.4 Å². The largest absolute Gasteiger partial charge is 2.00 e. The maximum Gasteiger partial charge on any atom is 2.00 e. The van der Waals surface area contributed by atoms with Crippen LogP contribution in [0.1, 0.15) is 117 Å². The van der Waals surface area contributed by atoms with Gasteiger partial charge in [0, 0.05) is 38.7 Å². The second-order valence-corrected chi connectivity index (χ2v) is 13.7. The van der Waals surface area contributed by atoms with Crippen LogP contribution in [0, 0.1) is 0 Å². The van der Waals surface area contributed by atoms with Gasteiger partial charge in [-0.05, 0) is 63.5 Å². The van der Waals surface area contributed by atoms with Crippen LogP contribution in [0.15, 0.2) is 24.3 Å². The molecule has 0 unspecified atom stereocenters. The van der Waals surface area contributed by atoms with Crippen molar-refractivity contribution in [1.82, 2.24) is 9.80 Å². The second-order valence-electron chi connectivity index (χ2n) is 10.7. The maximum absolute atomic E-state index is 11.7. The van der Waals surface area contributed by atoms with Gasteiger partial charge >= 0.3 is 37.7 Å². The molecule has 0 aromatic rings. The van der Waals surface area contributed by atoms with Gasteiger partial charge in [0.1, 0.15) is 0 Å². The third-order valence-corrected chi connectivity index (χ3v) is 8.08. The van der Waals surface area contributed by atoms with Crippen LogP contribution in [0.4, 0.5) is 0 Å². The summed E-state index contributed by atoms with van der Waals surface area (Å²) < 4.78 is 62.6. The third kappa shape index (κ3) is 37.6. The van der Waals surface area contributed by atoms with Crippen molar-refractivity contribution in [2.75, 3.05) is 38.7 Å². The van der Waals surface area contributed by atoms with Crippen LogP contribution < -0.4 is 0 Å². The number of unbranched alkanes of at least 4 members (excludes halogenated alkanes) is 12. The maximum atomic E-state index is 11.7. The van der Waals surface area contributed by atoms with E-state index in [-0.39, 0.29) is 61.1 Å². The Morgan fingerprint density at radius 2 is 0.884 bits per heavy atom. The van der Waals surface area contributed by atoms with Crippen molar-refractivity contribution in [1.29, 1.82) is 0 Å². The van der Waals surface area contributed by atoms with E-state index in [1.165, 1.54) is 51.4 Å². The van der Waals surface area contributed by atoms with Crippen LogP contribution in [-0.2, 0) is 29.8 Å². The second kappa shape index (κ2) is 30.2. The molecule has 0 rings (SSSR count). The molecule has 0 aliphatic carbocycles. The monoisotopic (exact) mass is 676 g/mol. The molecule has 0 aliphatic heterocycles. The predicted molar refractivity (Wildman–Crippen MR) is 174 cm³/mol. The predicted octanol–water partition coefficient (Wildman–Crippen LogP) is 4.99. The summed E-state index contributed by atoms with van der Waals surface area (Å²) >= 11 is 0. The molecule has 0 spiro atoms. The first kappa shape index (κ1) is 46.9. The number of hydrogen-bond donors (Lipinski definition) is 0. The molecule has 10 nitrogen and oxygen atoms in total. The van der Waals surface area contributed by atoms with Gasteiger partial charge in [0.25, 0.3) is 0 Å². The van der Waals surface area contributed by atoms with E-state index in [9.17, 15) is 35.5 Å². The van der Waals surface area contributed by atoms with E-state index in [0.717, 1.165) is 25.7 Å². The van der Waals surface area contributed by atoms with Crippen molar-refractivity contribution in [3.05, 3.63) is 24.3 Å². The van der Waals surface area contributed by atoms with Gasteiger partial charge in [0.15, 0.2) is 0 Å². The fourth-order valence-corrected chi connectivity index (χ4v) is 4.95. The Morgan fingerprint density at radius 3 is 1.19 bits per heavy atom. The summed E-state index contributed by atoms with van der Waals surface area (Å²) in [4.78, 5) is 26.6. The minimum atomic E-state index is -4.14. The summed E-state index contributed by atoms with van der Waals surface area (Å²) in [6.45, 7) is 5.30. The van der Waals surface area contributed by atoms with E-state index in [4.69, 9.17) is 0 Å². The molecule has 0 saturated carbocycles. The Kier molecular flexibility index (Phi) is 32.9. The van der Waals surface area contributed by atoms with Crippen molar-refractivity contribution < 1.29 is 35.5 Å². The van der Waals surface area contributed by atoms with Crippen molar-refractivity contribution in [2.45, 2.75) is 117 Å². The number of hydrogen-bond acceptors (Lipinski definition) is 8. The van der Waals surface area contributed by atoms with Crippen molar-refractivity contribution in [3.63, 3.8) is 0 Å². The van der Waals surface area contributed by atoms with Crippen LogP contribution in [0.2, 0.25) is 0 Å². The summed E-state index contributed by atoms with van der Waals surface area (Å²) in [6, 6.07) is 0. The van der Waals surface area contributed by atoms with E-state index >= 15 is 0 Å². The van der Waals surface area contributed by atoms with Gasteiger partial charge in [0.05, 0.1) is 20.2 Å². The first-order valence-electron chi connectivity index (χ1n) is 15.4. The van der Waals surface area contributed by atoms with Gasteiger partial charge in [-0.15, -0.1) is 0 Å². The molecule has 0 heterocycles. The molecule has 0 atom stereocenters. The van der Waals surface area contributed by atoms with E-state index < -0.39 is 20.2 Å². The number of rotatable bonds is 24. The molecule has 0 aromatic carbocycles. The molecule has 0 fully saturated rings. The quantitative estimate of drug-likeness (QED) is 0.0599. The molecule has 0 bridgehead atoms. The Labute approximate surface area is 292 Å². The minimum absolute atomic E-state index is 0. The van der Waals surface area contributed by atoms with Gasteiger partial charge < -0.3 is 18.9 Å². The topological polar surface area (TPSA) is 155 Å². The molecule has 0 saturated heterocycles. The van der Waals surface area contributed by atoms with Gasteiger partial charge in [-0.3, -0.25) is 9.59 Å². The van der Waals surface area contributed by atoms with Gasteiger partial charge in [0.2, 0.25) is 11.8 Å². The Balaban J connectivity index is -0.000000727. The van der Waals surface area contributed by atoms with Gasteiger partial charge in [-0.25, -0.2) is 16.8 Å². The molecular formula is C30H56CaN2O8S2. The van der Waals surface area contributed by atoms with Crippen LogP contribution in [0.5, 0.6) is 0 Å². The Morgan fingerprint density at radius 1 is 0.558 bits per heavy atom. The van der Waals surface area contributed by atoms with Crippen LogP contribution >= 0.6 is 0 Å². The fourth-order valence-electron chi connectivity index (χ4n) is 3.83. The molecule has 0 N–H and O–H groups in total. The third-order valence-electron chi connectivity index (χ3n) is 6.50. The zero-order chi connectivity index (χ0) is 32.3. The average Bonchev–Trinajstić information content (AvgIpc) is 2.91. The number of allylic oxidation sites excluding steroid dienone is 2. The van der Waals surface area contributed by atoms with Crippen LogP contribution in [0.3, 0.4) is 0 Å². The number of nitrogens with zero attached hydrogens (tertiary/aromatic N) is 2. The van der Waals surface area contributed by atoms with Gasteiger partial charge in [-0.2, -0.15) is 0 Å². The van der Waals surface area contributed by atoms with Crippen molar-refractivity contribution in [2.24, 2.45) is 0 Å². The molecule has 43 heavy (non-hydrogen) atoms. The molecular weight excluding hydrogens is 621 g/mol. The first-order valence-corrected chi connectivity index (χ1v) is 18.6. The van der Waals surface area contributed by atoms with E-state index in [1.807, 2.05) is 12.2 Å². The average molecular weight is 677 g/mol. The van der Waals surface area contributed by atoms with E-state index in [1.54, 1.807) is 36.0 Å². The number of carbonyl (C=O) groups excluding carboxylic acids is 2. The van der Waals surface area contributed by atoms with Crippen LogP contribution in [-0.4, -0.2) is 124 Å². The molecule has 0 aliphatic rings. The van der Waals surface area contributed by atoms with Crippen molar-refractivity contribution in [3.8, 4) is 0 Å². The standard InChI is InChI=1S/2C15H29NO4S.Ca/c2*1-3-4-5-6-7-8-9-12-15(17)16(2)13-10-11-14-21(18,19)20;/h2*9,12H,3-8,10-11,13-14H2,1-2H3,(H,18,19,20);/q;;+2/p-2/b2*12-9+;. The molecule has 0 aromatic heterocycles. The molecule has 0 radical (unpaired) electrons. The summed E-state index contributed by atoms with van der Waals surface area (Å²) in [6.07, 6.45) is 22.5. The number of carbonyl (C=O) groups is 2. The summed E-state index contributed by atoms with van der Waals surface area (Å²) in [5.74, 6) is -0.868. The Hall–Kier alpha value is -0.500. The summed E-state index contributed by atoms with van der Waals surface area (Å²) in [7, 11) is -4.91. The first-order chi connectivity index (χ1) is 19.7. The van der Waals surface area contributed by atoms with E-state index in [2.05, 4.69) is 13.8 Å². The summed E-state index contributed by atoms with van der Waals surface area (Å²) in [5.41, 5.74) is 0. The van der Waals surface area contributed by atoms with Crippen LogP contribution in [0.25, 0.3) is 0 Å². The number of amides is 2. The zero-order valence-electron chi connectivity index (χ0n) is 27.1. The molecule has 13 heteroatoms. The minimum Gasteiger partial charge on any atom is -0.748 e. The SMILES string of the molecule is CCCCCCC/C=C/C(=O)N(C)CCCCS(=O)(=O)[O-].CCCCCCC/C=C/C(=O)N(C)CCCCS(=O)(=O)[O-].[Ca+2]. The number of likely N-dealkylation sites (N-methyl/N-ethyl adjacent to an activating group) is 2. The Bertz CT molecular complexity index is 893. The molecule has 248 valence electrons. The van der Waals surface area contributed by atoms with E-state index in [0.29, 0.717) is 38.8 Å². The molecule has 2 amide bonds. The smallest absolute Gasteiger partial charge is 0.748 e. The normalized spacial score (nSPS) is 11.7. The zero-order valence-corrected chi connectivity index (χ0v) is 31.0. The fraction of sp³-hybridized carbons (Fsp3) is 0.800. The summed E-state index contributed by atoms with van der Waals surface area (Å²) in [5, 5.41) is 0. The van der Waals surface area contributed by atoms with Crippen molar-refractivity contribution >= 4 is 69.8 Å².